The second-order valence-electron chi connectivity index (χ2n) is 6.49. The molecule has 0 atom stereocenters. The quantitative estimate of drug-likeness (QED) is 0.391. The number of aromatic nitrogens is 1. The summed E-state index contributed by atoms with van der Waals surface area (Å²) in [5.41, 5.74) is 3.73. The van der Waals surface area contributed by atoms with Gasteiger partial charge in [0, 0.05) is 49.8 Å². The Morgan fingerprint density at radius 2 is 2.04 bits per heavy atom. The second-order valence-corrected chi connectivity index (χ2v) is 6.49. The van der Waals surface area contributed by atoms with Crippen molar-refractivity contribution in [3.63, 3.8) is 0 Å². The van der Waals surface area contributed by atoms with E-state index in [0.717, 1.165) is 34.1 Å². The van der Waals surface area contributed by atoms with Crippen LogP contribution in [-0.4, -0.2) is 30.4 Å². The van der Waals surface area contributed by atoms with E-state index in [1.807, 2.05) is 30.5 Å². The lowest BCUT2D eigenvalue weighted by atomic mass is 10.1. The zero-order valence-corrected chi connectivity index (χ0v) is 16.0. The normalized spacial score (nSPS) is 11.5. The summed E-state index contributed by atoms with van der Waals surface area (Å²) in [6, 6.07) is 12.4. The highest BCUT2D eigenvalue weighted by Gasteiger charge is 2.05. The molecule has 0 fully saturated rings. The number of benzene rings is 2. The average molecular weight is 381 g/mol. The summed E-state index contributed by atoms with van der Waals surface area (Å²) in [6.45, 7) is 2.76. The third-order valence-corrected chi connectivity index (χ3v) is 4.35. The average Bonchev–Trinajstić information content (AvgIpc) is 3.06. The van der Waals surface area contributed by atoms with Crippen LogP contribution in [0.25, 0.3) is 10.9 Å². The van der Waals surface area contributed by atoms with Crippen LogP contribution < -0.4 is 16.0 Å². The van der Waals surface area contributed by atoms with Gasteiger partial charge in [-0.05, 0) is 47.9 Å². The standard InChI is InChI=1S/C21H24FN5O/c1-14(28)27-18-5-3-4-15(10-18)12-26-21(23-2)24-9-8-16-13-25-20-11-17(22)6-7-19(16)20/h3-7,10-11,13,25H,8-9,12H2,1-2H3,(H,27,28)(H2,23,24,26). The number of hydrogen-bond donors (Lipinski definition) is 4. The smallest absolute Gasteiger partial charge is 0.221 e. The zero-order valence-electron chi connectivity index (χ0n) is 16.0. The van der Waals surface area contributed by atoms with Gasteiger partial charge in [0.25, 0.3) is 0 Å². The number of guanidine groups is 1. The Morgan fingerprint density at radius 1 is 1.18 bits per heavy atom. The summed E-state index contributed by atoms with van der Waals surface area (Å²) in [5.74, 6) is 0.352. The number of nitrogens with zero attached hydrogens (tertiary/aromatic N) is 1. The molecule has 7 heteroatoms. The first-order valence-corrected chi connectivity index (χ1v) is 9.11. The maximum absolute atomic E-state index is 13.3. The number of fused-ring (bicyclic) bond motifs is 1. The van der Waals surface area contributed by atoms with E-state index in [2.05, 4.69) is 25.9 Å². The SMILES string of the molecule is CN=C(NCCc1c[nH]c2cc(F)ccc12)NCc1cccc(NC(C)=O)c1. The molecule has 0 saturated heterocycles. The number of aliphatic imine (C=N–C) groups is 1. The number of anilines is 1. The van der Waals surface area contributed by atoms with Crippen molar-refractivity contribution in [3.05, 3.63) is 65.6 Å². The molecule has 0 aliphatic rings. The van der Waals surface area contributed by atoms with Crippen LogP contribution in [0.1, 0.15) is 18.1 Å². The van der Waals surface area contributed by atoms with Gasteiger partial charge in [0.2, 0.25) is 5.91 Å². The maximum atomic E-state index is 13.3. The van der Waals surface area contributed by atoms with Gasteiger partial charge in [0.05, 0.1) is 0 Å². The monoisotopic (exact) mass is 381 g/mol. The molecule has 146 valence electrons. The molecule has 0 radical (unpaired) electrons. The lowest BCUT2D eigenvalue weighted by Gasteiger charge is -2.12. The van der Waals surface area contributed by atoms with E-state index in [1.54, 1.807) is 13.1 Å². The fourth-order valence-corrected chi connectivity index (χ4v) is 3.05. The molecule has 2 aromatic carbocycles. The van der Waals surface area contributed by atoms with E-state index in [1.165, 1.54) is 19.1 Å². The van der Waals surface area contributed by atoms with Crippen molar-refractivity contribution in [3.8, 4) is 0 Å². The molecular formula is C21H24FN5O. The Kier molecular flexibility index (Phi) is 6.26. The molecule has 4 N–H and O–H groups in total. The molecule has 1 amide bonds. The fraction of sp³-hybridized carbons (Fsp3) is 0.238. The molecule has 1 aromatic heterocycles. The third kappa shape index (κ3) is 5.09. The first kappa shape index (κ1) is 19.4. The van der Waals surface area contributed by atoms with Crippen molar-refractivity contribution in [2.75, 3.05) is 18.9 Å². The van der Waals surface area contributed by atoms with E-state index in [-0.39, 0.29) is 11.7 Å². The number of carbonyl (C=O) groups excluding carboxylic acids is 1. The molecule has 3 aromatic rings. The van der Waals surface area contributed by atoms with Gasteiger partial charge in [-0.15, -0.1) is 0 Å². The first-order valence-electron chi connectivity index (χ1n) is 9.11. The number of rotatable bonds is 6. The molecule has 3 rings (SSSR count). The summed E-state index contributed by atoms with van der Waals surface area (Å²) in [5, 5.41) is 10.3. The van der Waals surface area contributed by atoms with Gasteiger partial charge >= 0.3 is 0 Å². The molecule has 0 unspecified atom stereocenters. The number of aromatic amines is 1. The predicted molar refractivity (Wildman–Crippen MR) is 111 cm³/mol. The highest BCUT2D eigenvalue weighted by atomic mass is 19.1. The molecule has 0 aliphatic heterocycles. The molecule has 0 saturated carbocycles. The Morgan fingerprint density at radius 3 is 2.82 bits per heavy atom. The summed E-state index contributed by atoms with van der Waals surface area (Å²) in [7, 11) is 1.72. The van der Waals surface area contributed by atoms with Crippen LogP contribution in [0.4, 0.5) is 10.1 Å². The molecule has 1 heterocycles. The summed E-state index contributed by atoms with van der Waals surface area (Å²) < 4.78 is 13.3. The summed E-state index contributed by atoms with van der Waals surface area (Å²) in [6.07, 6.45) is 2.69. The van der Waals surface area contributed by atoms with Gasteiger partial charge in [0.1, 0.15) is 5.82 Å². The number of H-pyrrole nitrogens is 1. The van der Waals surface area contributed by atoms with Gasteiger partial charge in [-0.1, -0.05) is 12.1 Å². The zero-order chi connectivity index (χ0) is 19.9. The molecule has 6 nitrogen and oxygen atoms in total. The minimum atomic E-state index is -0.244. The van der Waals surface area contributed by atoms with Crippen LogP contribution in [0.5, 0.6) is 0 Å². The van der Waals surface area contributed by atoms with Crippen LogP contribution in [0.15, 0.2) is 53.7 Å². The van der Waals surface area contributed by atoms with Crippen molar-refractivity contribution in [2.24, 2.45) is 4.99 Å². The molecule has 0 bridgehead atoms. The predicted octanol–water partition coefficient (Wildman–Crippen LogP) is 3.17. The van der Waals surface area contributed by atoms with E-state index < -0.39 is 0 Å². The second kappa shape index (κ2) is 9.03. The van der Waals surface area contributed by atoms with Crippen molar-refractivity contribution in [1.82, 2.24) is 15.6 Å². The Bertz CT molecular complexity index is 995. The van der Waals surface area contributed by atoms with Crippen molar-refractivity contribution in [1.29, 1.82) is 0 Å². The number of hydrogen-bond acceptors (Lipinski definition) is 2. The van der Waals surface area contributed by atoms with Crippen LogP contribution in [0, 0.1) is 5.82 Å². The number of halogens is 1. The molecule has 0 spiro atoms. The van der Waals surface area contributed by atoms with Gasteiger partial charge in [-0.3, -0.25) is 9.79 Å². The van der Waals surface area contributed by atoms with E-state index in [4.69, 9.17) is 0 Å². The number of carbonyl (C=O) groups is 1. The van der Waals surface area contributed by atoms with Crippen LogP contribution in [0.2, 0.25) is 0 Å². The molecule has 0 aliphatic carbocycles. The Hall–Kier alpha value is -3.35. The maximum Gasteiger partial charge on any atom is 0.221 e. The van der Waals surface area contributed by atoms with Crippen molar-refractivity contribution >= 4 is 28.5 Å². The fourth-order valence-electron chi connectivity index (χ4n) is 3.05. The molecule has 28 heavy (non-hydrogen) atoms. The Balaban J connectivity index is 1.51. The van der Waals surface area contributed by atoms with E-state index in [0.29, 0.717) is 19.0 Å². The largest absolute Gasteiger partial charge is 0.361 e. The van der Waals surface area contributed by atoms with Crippen LogP contribution in [-0.2, 0) is 17.8 Å². The number of nitrogens with one attached hydrogen (secondary N) is 4. The lowest BCUT2D eigenvalue weighted by Crippen LogP contribution is -2.37. The Labute approximate surface area is 163 Å². The number of amides is 1. The summed E-state index contributed by atoms with van der Waals surface area (Å²) >= 11 is 0. The highest BCUT2D eigenvalue weighted by molar-refractivity contribution is 5.88. The van der Waals surface area contributed by atoms with Gasteiger partial charge in [0.15, 0.2) is 5.96 Å². The van der Waals surface area contributed by atoms with Gasteiger partial charge in [-0.2, -0.15) is 0 Å². The lowest BCUT2D eigenvalue weighted by molar-refractivity contribution is -0.114. The molecular weight excluding hydrogens is 357 g/mol. The van der Waals surface area contributed by atoms with Gasteiger partial charge < -0.3 is 20.9 Å². The third-order valence-electron chi connectivity index (χ3n) is 4.35. The minimum Gasteiger partial charge on any atom is -0.361 e. The minimum absolute atomic E-state index is 0.0948. The van der Waals surface area contributed by atoms with Crippen molar-refractivity contribution < 1.29 is 9.18 Å². The first-order chi connectivity index (χ1) is 13.5. The summed E-state index contributed by atoms with van der Waals surface area (Å²) in [4.78, 5) is 18.5. The van der Waals surface area contributed by atoms with Crippen LogP contribution in [0.3, 0.4) is 0 Å². The van der Waals surface area contributed by atoms with E-state index >= 15 is 0 Å². The van der Waals surface area contributed by atoms with E-state index in [9.17, 15) is 9.18 Å². The van der Waals surface area contributed by atoms with Crippen molar-refractivity contribution in [2.45, 2.75) is 19.9 Å². The topological polar surface area (TPSA) is 81.3 Å². The van der Waals surface area contributed by atoms with Crippen LogP contribution >= 0.6 is 0 Å². The highest BCUT2D eigenvalue weighted by Crippen LogP contribution is 2.19. The van der Waals surface area contributed by atoms with Gasteiger partial charge in [-0.25, -0.2) is 4.39 Å².